The maximum absolute atomic E-state index is 12.4. The van der Waals surface area contributed by atoms with Crippen molar-refractivity contribution >= 4 is 29.3 Å². The molecule has 1 aromatic heterocycles. The molecule has 0 aliphatic heterocycles. The topological polar surface area (TPSA) is 100 Å². The normalized spacial score (nSPS) is 11.7. The zero-order valence-corrected chi connectivity index (χ0v) is 15.2. The van der Waals surface area contributed by atoms with Gasteiger partial charge < -0.3 is 9.73 Å². The molecule has 0 bridgehead atoms. The molecule has 0 aliphatic rings. The van der Waals surface area contributed by atoms with Gasteiger partial charge in [0.15, 0.2) is 5.76 Å². The van der Waals surface area contributed by atoms with Gasteiger partial charge in [0.05, 0.1) is 6.26 Å². The summed E-state index contributed by atoms with van der Waals surface area (Å²) < 4.78 is 4.94. The Labute approximate surface area is 156 Å². The summed E-state index contributed by atoms with van der Waals surface area (Å²) in [6.07, 6.45) is 1.76. The molecule has 1 heterocycles. The van der Waals surface area contributed by atoms with Crippen LogP contribution in [0.1, 0.15) is 41.2 Å². The van der Waals surface area contributed by atoms with E-state index in [1.54, 1.807) is 30.3 Å². The number of furan rings is 1. The summed E-state index contributed by atoms with van der Waals surface area (Å²) >= 11 is 5.81. The van der Waals surface area contributed by atoms with Gasteiger partial charge in [0.25, 0.3) is 11.8 Å². The molecule has 0 saturated heterocycles. The van der Waals surface area contributed by atoms with Gasteiger partial charge in [0.2, 0.25) is 0 Å². The van der Waals surface area contributed by atoms with E-state index >= 15 is 0 Å². The average molecular weight is 378 g/mol. The SMILES string of the molecule is CC(C)C[C@@H](NC(=O)c1ccc(Cl)cc1)C(=O)NNC(=O)c1ccco1. The van der Waals surface area contributed by atoms with Crippen LogP contribution in [-0.2, 0) is 4.79 Å². The second-order valence-electron chi connectivity index (χ2n) is 6.08. The zero-order valence-electron chi connectivity index (χ0n) is 14.4. The summed E-state index contributed by atoms with van der Waals surface area (Å²) in [7, 11) is 0. The van der Waals surface area contributed by atoms with Crippen LogP contribution >= 0.6 is 11.6 Å². The molecule has 0 radical (unpaired) electrons. The third kappa shape index (κ3) is 5.63. The minimum Gasteiger partial charge on any atom is -0.459 e. The Morgan fingerprint density at radius 3 is 2.31 bits per heavy atom. The maximum Gasteiger partial charge on any atom is 0.305 e. The summed E-state index contributed by atoms with van der Waals surface area (Å²) in [6.45, 7) is 3.85. The van der Waals surface area contributed by atoms with E-state index in [1.165, 1.54) is 12.3 Å². The molecule has 0 saturated carbocycles. The van der Waals surface area contributed by atoms with Crippen LogP contribution in [0, 0.1) is 5.92 Å². The molecule has 0 spiro atoms. The number of amides is 3. The smallest absolute Gasteiger partial charge is 0.305 e. The van der Waals surface area contributed by atoms with Crippen molar-refractivity contribution in [2.75, 3.05) is 0 Å². The van der Waals surface area contributed by atoms with Crippen LogP contribution in [0.3, 0.4) is 0 Å². The fourth-order valence-electron chi connectivity index (χ4n) is 2.22. The van der Waals surface area contributed by atoms with Crippen molar-refractivity contribution in [3.05, 3.63) is 59.0 Å². The van der Waals surface area contributed by atoms with Crippen LogP contribution in [0.2, 0.25) is 5.02 Å². The van der Waals surface area contributed by atoms with Crippen LogP contribution in [0.15, 0.2) is 47.1 Å². The molecule has 8 heteroatoms. The minimum absolute atomic E-state index is 0.0657. The Bertz CT molecular complexity index is 757. The second kappa shape index (κ2) is 9.05. The van der Waals surface area contributed by atoms with Crippen molar-refractivity contribution in [1.82, 2.24) is 16.2 Å². The molecule has 3 N–H and O–H groups in total. The van der Waals surface area contributed by atoms with Crippen LogP contribution in [0.4, 0.5) is 0 Å². The first-order valence-electron chi connectivity index (χ1n) is 8.07. The molecule has 3 amide bonds. The fraction of sp³-hybridized carbons (Fsp3) is 0.278. The van der Waals surface area contributed by atoms with Gasteiger partial charge in [-0.05, 0) is 48.7 Å². The molecule has 2 aromatic rings. The summed E-state index contributed by atoms with van der Waals surface area (Å²) in [4.78, 5) is 36.5. The number of hydrogen-bond acceptors (Lipinski definition) is 4. The van der Waals surface area contributed by atoms with Crippen molar-refractivity contribution in [3.8, 4) is 0 Å². The van der Waals surface area contributed by atoms with Crippen molar-refractivity contribution in [2.45, 2.75) is 26.3 Å². The summed E-state index contributed by atoms with van der Waals surface area (Å²) in [5, 5.41) is 3.19. The Hall–Kier alpha value is -2.80. The van der Waals surface area contributed by atoms with Gasteiger partial charge in [-0.3, -0.25) is 25.2 Å². The lowest BCUT2D eigenvalue weighted by Crippen LogP contribution is -2.52. The van der Waals surface area contributed by atoms with E-state index in [-0.39, 0.29) is 11.7 Å². The average Bonchev–Trinajstić information content (AvgIpc) is 3.13. The first kappa shape index (κ1) is 19.5. The highest BCUT2D eigenvalue weighted by Gasteiger charge is 2.23. The van der Waals surface area contributed by atoms with Crippen LogP contribution in [0.25, 0.3) is 0 Å². The zero-order chi connectivity index (χ0) is 19.1. The number of nitrogens with one attached hydrogen (secondary N) is 3. The molecule has 0 fully saturated rings. The highest BCUT2D eigenvalue weighted by molar-refractivity contribution is 6.30. The highest BCUT2D eigenvalue weighted by atomic mass is 35.5. The predicted octanol–water partition coefficient (Wildman–Crippen LogP) is 2.54. The van der Waals surface area contributed by atoms with E-state index in [9.17, 15) is 14.4 Å². The van der Waals surface area contributed by atoms with Crippen molar-refractivity contribution < 1.29 is 18.8 Å². The van der Waals surface area contributed by atoms with Crippen molar-refractivity contribution in [2.24, 2.45) is 5.92 Å². The third-order valence-electron chi connectivity index (χ3n) is 3.48. The summed E-state index contributed by atoms with van der Waals surface area (Å²) in [5.74, 6) is -1.30. The van der Waals surface area contributed by atoms with Gasteiger partial charge in [0, 0.05) is 10.6 Å². The van der Waals surface area contributed by atoms with Gasteiger partial charge in [-0.1, -0.05) is 25.4 Å². The minimum atomic E-state index is -0.810. The molecule has 0 aliphatic carbocycles. The van der Waals surface area contributed by atoms with E-state index in [2.05, 4.69) is 16.2 Å². The molecular formula is C18H20ClN3O4. The molecule has 26 heavy (non-hydrogen) atoms. The molecular weight excluding hydrogens is 358 g/mol. The van der Waals surface area contributed by atoms with Gasteiger partial charge in [-0.25, -0.2) is 0 Å². The van der Waals surface area contributed by atoms with E-state index in [0.717, 1.165) is 0 Å². The van der Waals surface area contributed by atoms with E-state index < -0.39 is 23.8 Å². The lowest BCUT2D eigenvalue weighted by Gasteiger charge is -2.20. The van der Waals surface area contributed by atoms with Crippen molar-refractivity contribution in [1.29, 1.82) is 0 Å². The fourth-order valence-corrected chi connectivity index (χ4v) is 2.35. The first-order valence-corrected chi connectivity index (χ1v) is 8.44. The Morgan fingerprint density at radius 1 is 1.04 bits per heavy atom. The van der Waals surface area contributed by atoms with Crippen LogP contribution in [0.5, 0.6) is 0 Å². The summed E-state index contributed by atoms with van der Waals surface area (Å²) in [5.41, 5.74) is 4.95. The monoisotopic (exact) mass is 377 g/mol. The van der Waals surface area contributed by atoms with Gasteiger partial charge in [-0.2, -0.15) is 0 Å². The van der Waals surface area contributed by atoms with Gasteiger partial charge >= 0.3 is 5.91 Å². The first-order chi connectivity index (χ1) is 12.4. The number of halogens is 1. The number of hydrazine groups is 1. The van der Waals surface area contributed by atoms with E-state index in [1.807, 2.05) is 13.8 Å². The van der Waals surface area contributed by atoms with Crippen LogP contribution in [-0.4, -0.2) is 23.8 Å². The number of carbonyl (C=O) groups excluding carboxylic acids is 3. The second-order valence-corrected chi connectivity index (χ2v) is 6.52. The number of carbonyl (C=O) groups is 3. The number of rotatable bonds is 6. The third-order valence-corrected chi connectivity index (χ3v) is 3.73. The van der Waals surface area contributed by atoms with Gasteiger partial charge in [-0.15, -0.1) is 0 Å². The lowest BCUT2D eigenvalue weighted by molar-refractivity contribution is -0.124. The number of benzene rings is 1. The molecule has 138 valence electrons. The highest BCUT2D eigenvalue weighted by Crippen LogP contribution is 2.11. The Balaban J connectivity index is 1.98. The summed E-state index contributed by atoms with van der Waals surface area (Å²) in [6, 6.07) is 8.55. The largest absolute Gasteiger partial charge is 0.459 e. The molecule has 1 atom stereocenters. The van der Waals surface area contributed by atoms with Crippen LogP contribution < -0.4 is 16.2 Å². The maximum atomic E-state index is 12.4. The molecule has 7 nitrogen and oxygen atoms in total. The van der Waals surface area contributed by atoms with Crippen molar-refractivity contribution in [3.63, 3.8) is 0 Å². The Kier molecular flexibility index (Phi) is 6.80. The van der Waals surface area contributed by atoms with E-state index in [4.69, 9.17) is 16.0 Å². The standard InChI is InChI=1S/C18H20ClN3O4/c1-11(2)10-14(20-16(23)12-5-7-13(19)8-6-12)17(24)21-22-18(25)15-4-3-9-26-15/h3-9,11,14H,10H2,1-2H3,(H,20,23)(H,21,24)(H,22,25)/t14-/m1/s1. The number of hydrogen-bond donors (Lipinski definition) is 3. The lowest BCUT2D eigenvalue weighted by atomic mass is 10.0. The quantitative estimate of drug-likeness (QED) is 0.673. The van der Waals surface area contributed by atoms with E-state index in [0.29, 0.717) is 17.0 Å². The predicted molar refractivity (Wildman–Crippen MR) is 96.5 cm³/mol. The molecule has 1 aromatic carbocycles. The Morgan fingerprint density at radius 2 is 1.73 bits per heavy atom. The van der Waals surface area contributed by atoms with Gasteiger partial charge in [0.1, 0.15) is 6.04 Å². The molecule has 2 rings (SSSR count). The molecule has 0 unspecified atom stereocenters.